The number of aliphatic hydroxyl groups is 1. The Kier molecular flexibility index (Phi) is 5.26. The van der Waals surface area contributed by atoms with E-state index in [1.807, 2.05) is 18.2 Å². The average Bonchev–Trinajstić information content (AvgIpc) is 2.96. The van der Waals surface area contributed by atoms with E-state index < -0.39 is 0 Å². The van der Waals surface area contributed by atoms with E-state index in [9.17, 15) is 5.11 Å². The Balaban J connectivity index is 1.90. The van der Waals surface area contributed by atoms with E-state index in [0.29, 0.717) is 0 Å². The van der Waals surface area contributed by atoms with Gasteiger partial charge in [-0.1, -0.05) is 18.9 Å². The summed E-state index contributed by atoms with van der Waals surface area (Å²) in [5.74, 6) is 1.50. The molecule has 0 aliphatic heterocycles. The summed E-state index contributed by atoms with van der Waals surface area (Å²) in [6.07, 6.45) is 4.72. The highest BCUT2D eigenvalue weighted by molar-refractivity contribution is 5.42. The van der Waals surface area contributed by atoms with Crippen LogP contribution < -0.4 is 14.8 Å². The van der Waals surface area contributed by atoms with Gasteiger partial charge in [0, 0.05) is 25.1 Å². The van der Waals surface area contributed by atoms with Crippen molar-refractivity contribution < 1.29 is 14.6 Å². The number of hydrogen-bond donors (Lipinski definition) is 2. The van der Waals surface area contributed by atoms with Gasteiger partial charge in [0.1, 0.15) is 0 Å². The second-order valence-corrected chi connectivity index (χ2v) is 5.66. The maximum Gasteiger partial charge on any atom is 0.161 e. The van der Waals surface area contributed by atoms with Gasteiger partial charge in [0.25, 0.3) is 0 Å². The van der Waals surface area contributed by atoms with Crippen molar-refractivity contribution in [3.05, 3.63) is 23.8 Å². The average molecular weight is 279 g/mol. The molecule has 1 aliphatic rings. The van der Waals surface area contributed by atoms with E-state index in [-0.39, 0.29) is 12.0 Å². The third-order valence-corrected chi connectivity index (χ3v) is 4.28. The molecular weight excluding hydrogens is 254 g/mol. The van der Waals surface area contributed by atoms with E-state index in [1.54, 1.807) is 14.2 Å². The van der Waals surface area contributed by atoms with Gasteiger partial charge < -0.3 is 19.9 Å². The summed E-state index contributed by atoms with van der Waals surface area (Å²) in [6.45, 7) is 1.94. The predicted octanol–water partition coefficient (Wildman–Crippen LogP) is 2.35. The van der Waals surface area contributed by atoms with E-state index in [0.717, 1.165) is 43.0 Å². The molecule has 0 unspecified atom stereocenters. The summed E-state index contributed by atoms with van der Waals surface area (Å²) in [4.78, 5) is 0. The third kappa shape index (κ3) is 3.44. The van der Waals surface area contributed by atoms with Gasteiger partial charge in [-0.2, -0.15) is 0 Å². The first-order valence-electron chi connectivity index (χ1n) is 7.25. The fraction of sp³-hybridized carbons (Fsp3) is 0.625. The second-order valence-electron chi connectivity index (χ2n) is 5.66. The van der Waals surface area contributed by atoms with Crippen LogP contribution in [0.1, 0.15) is 31.2 Å². The van der Waals surface area contributed by atoms with Crippen LogP contribution >= 0.6 is 0 Å². The van der Waals surface area contributed by atoms with Gasteiger partial charge in [-0.05, 0) is 30.5 Å². The summed E-state index contributed by atoms with van der Waals surface area (Å²) in [6, 6.07) is 5.95. The van der Waals surface area contributed by atoms with Gasteiger partial charge in [0.15, 0.2) is 11.5 Å². The normalized spacial score (nSPS) is 17.1. The Bertz CT molecular complexity index is 428. The Morgan fingerprint density at radius 2 is 1.85 bits per heavy atom. The lowest BCUT2D eigenvalue weighted by Gasteiger charge is -2.26. The van der Waals surface area contributed by atoms with E-state index in [4.69, 9.17) is 9.47 Å². The second kappa shape index (κ2) is 6.95. The van der Waals surface area contributed by atoms with Crippen molar-refractivity contribution in [2.75, 3.05) is 27.4 Å². The molecule has 4 heteroatoms. The summed E-state index contributed by atoms with van der Waals surface area (Å²) in [7, 11) is 3.29. The van der Waals surface area contributed by atoms with Crippen LogP contribution in [0.3, 0.4) is 0 Å². The molecule has 0 saturated heterocycles. The molecule has 0 aromatic heterocycles. The summed E-state index contributed by atoms with van der Waals surface area (Å²) < 4.78 is 10.5. The summed E-state index contributed by atoms with van der Waals surface area (Å²) in [5, 5.41) is 13.1. The lowest BCUT2D eigenvalue weighted by molar-refractivity contribution is 0.128. The van der Waals surface area contributed by atoms with Crippen molar-refractivity contribution in [2.24, 2.45) is 5.41 Å². The molecule has 2 N–H and O–H groups in total. The number of nitrogens with one attached hydrogen (secondary N) is 1. The minimum Gasteiger partial charge on any atom is -0.493 e. The molecule has 20 heavy (non-hydrogen) atoms. The van der Waals surface area contributed by atoms with Gasteiger partial charge in [-0.3, -0.25) is 0 Å². The van der Waals surface area contributed by atoms with Crippen molar-refractivity contribution in [2.45, 2.75) is 32.2 Å². The zero-order chi connectivity index (χ0) is 14.4. The lowest BCUT2D eigenvalue weighted by atomic mass is 9.87. The van der Waals surface area contributed by atoms with Gasteiger partial charge in [-0.15, -0.1) is 0 Å². The summed E-state index contributed by atoms with van der Waals surface area (Å²) in [5.41, 5.74) is 1.25. The molecule has 0 heterocycles. The van der Waals surface area contributed by atoms with Crippen LogP contribution in [0.2, 0.25) is 0 Å². The number of rotatable bonds is 7. The zero-order valence-corrected chi connectivity index (χ0v) is 12.4. The van der Waals surface area contributed by atoms with E-state index in [2.05, 4.69) is 5.32 Å². The first-order valence-corrected chi connectivity index (χ1v) is 7.25. The van der Waals surface area contributed by atoms with Crippen LogP contribution in [-0.4, -0.2) is 32.5 Å². The molecule has 1 aromatic carbocycles. The Morgan fingerprint density at radius 3 is 2.45 bits per heavy atom. The first-order chi connectivity index (χ1) is 9.73. The van der Waals surface area contributed by atoms with Gasteiger partial charge >= 0.3 is 0 Å². The smallest absolute Gasteiger partial charge is 0.161 e. The maximum atomic E-state index is 9.59. The highest BCUT2D eigenvalue weighted by Crippen LogP contribution is 2.37. The van der Waals surface area contributed by atoms with E-state index in [1.165, 1.54) is 12.8 Å². The predicted molar refractivity (Wildman–Crippen MR) is 79.2 cm³/mol. The van der Waals surface area contributed by atoms with Crippen molar-refractivity contribution in [1.29, 1.82) is 0 Å². The highest BCUT2D eigenvalue weighted by Gasteiger charge is 2.32. The van der Waals surface area contributed by atoms with Crippen LogP contribution in [0.15, 0.2) is 18.2 Å². The SMILES string of the molecule is COc1ccc(CNCC2(CO)CCCC2)cc1OC. The quantitative estimate of drug-likeness (QED) is 0.804. The molecule has 0 radical (unpaired) electrons. The van der Waals surface area contributed by atoms with Crippen molar-refractivity contribution >= 4 is 0 Å². The van der Waals surface area contributed by atoms with Gasteiger partial charge in [0.2, 0.25) is 0 Å². The molecule has 112 valence electrons. The summed E-state index contributed by atoms with van der Waals surface area (Å²) >= 11 is 0. The first kappa shape index (κ1) is 15.1. The molecular formula is C16H25NO3. The number of benzene rings is 1. The molecule has 0 amide bonds. The van der Waals surface area contributed by atoms with Gasteiger partial charge in [0.05, 0.1) is 14.2 Å². The van der Waals surface area contributed by atoms with Crippen LogP contribution in [0.4, 0.5) is 0 Å². The van der Waals surface area contributed by atoms with Crippen LogP contribution in [0, 0.1) is 5.41 Å². The number of hydrogen-bond acceptors (Lipinski definition) is 4. The highest BCUT2D eigenvalue weighted by atomic mass is 16.5. The van der Waals surface area contributed by atoms with Crippen molar-refractivity contribution in [3.63, 3.8) is 0 Å². The van der Waals surface area contributed by atoms with Crippen LogP contribution in [0.5, 0.6) is 11.5 Å². The minimum absolute atomic E-state index is 0.0938. The molecule has 1 saturated carbocycles. The fourth-order valence-corrected chi connectivity index (χ4v) is 2.98. The Morgan fingerprint density at radius 1 is 1.15 bits per heavy atom. The number of methoxy groups -OCH3 is 2. The standard InChI is InChI=1S/C16H25NO3/c1-19-14-6-5-13(9-15(14)20-2)10-17-11-16(12-18)7-3-4-8-16/h5-6,9,17-18H,3-4,7-8,10-12H2,1-2H3. The molecule has 0 spiro atoms. The lowest BCUT2D eigenvalue weighted by Crippen LogP contribution is -2.34. The molecule has 4 nitrogen and oxygen atoms in total. The molecule has 0 bridgehead atoms. The van der Waals surface area contributed by atoms with Crippen LogP contribution in [-0.2, 0) is 6.54 Å². The Hall–Kier alpha value is -1.26. The largest absolute Gasteiger partial charge is 0.493 e. The van der Waals surface area contributed by atoms with Crippen molar-refractivity contribution in [3.8, 4) is 11.5 Å². The molecule has 1 aromatic rings. The van der Waals surface area contributed by atoms with Crippen LogP contribution in [0.25, 0.3) is 0 Å². The third-order valence-electron chi connectivity index (χ3n) is 4.28. The molecule has 0 atom stereocenters. The maximum absolute atomic E-state index is 9.59. The number of ether oxygens (including phenoxy) is 2. The van der Waals surface area contributed by atoms with Gasteiger partial charge in [-0.25, -0.2) is 0 Å². The number of aliphatic hydroxyl groups excluding tert-OH is 1. The monoisotopic (exact) mass is 279 g/mol. The molecule has 2 rings (SSSR count). The minimum atomic E-state index is 0.0938. The molecule has 1 aliphatic carbocycles. The van der Waals surface area contributed by atoms with E-state index >= 15 is 0 Å². The molecule has 1 fully saturated rings. The fourth-order valence-electron chi connectivity index (χ4n) is 2.98. The van der Waals surface area contributed by atoms with Crippen molar-refractivity contribution in [1.82, 2.24) is 5.32 Å². The zero-order valence-electron chi connectivity index (χ0n) is 12.4. The topological polar surface area (TPSA) is 50.7 Å². The Labute approximate surface area is 121 Å².